The Kier molecular flexibility index (Phi) is 5.88. The first-order valence-corrected chi connectivity index (χ1v) is 8.58. The van der Waals surface area contributed by atoms with Crippen molar-refractivity contribution in [3.8, 4) is 0 Å². The molecule has 2 saturated carbocycles. The number of carbonyl (C=O) groups is 1. The maximum Gasteiger partial charge on any atom is 0.225 e. The number of amides is 1. The van der Waals surface area contributed by atoms with E-state index in [2.05, 4.69) is 11.8 Å². The standard InChI is InChI=1S/C17H32N2O/c1-13-6-8-16(9-7-13)19(2)17(20)15-5-3-4-14(12-15)10-11-18/h13-16H,3-12,18H2,1-2H3. The highest BCUT2D eigenvalue weighted by Gasteiger charge is 2.32. The van der Waals surface area contributed by atoms with Crippen LogP contribution in [-0.2, 0) is 4.79 Å². The van der Waals surface area contributed by atoms with Gasteiger partial charge in [-0.2, -0.15) is 0 Å². The van der Waals surface area contributed by atoms with Crippen LogP contribution in [0.15, 0.2) is 0 Å². The van der Waals surface area contributed by atoms with Gasteiger partial charge in [0.15, 0.2) is 0 Å². The van der Waals surface area contributed by atoms with Crippen LogP contribution in [-0.4, -0.2) is 30.4 Å². The molecule has 3 nitrogen and oxygen atoms in total. The second-order valence-electron chi connectivity index (χ2n) is 7.17. The van der Waals surface area contributed by atoms with Crippen LogP contribution in [0.2, 0.25) is 0 Å². The Hall–Kier alpha value is -0.570. The van der Waals surface area contributed by atoms with E-state index in [1.54, 1.807) is 0 Å². The van der Waals surface area contributed by atoms with Gasteiger partial charge in [0.05, 0.1) is 0 Å². The summed E-state index contributed by atoms with van der Waals surface area (Å²) in [4.78, 5) is 14.8. The van der Waals surface area contributed by atoms with E-state index < -0.39 is 0 Å². The number of carbonyl (C=O) groups excluding carboxylic acids is 1. The minimum atomic E-state index is 0.268. The summed E-state index contributed by atoms with van der Waals surface area (Å²) in [5, 5.41) is 0. The lowest BCUT2D eigenvalue weighted by Gasteiger charge is -2.37. The van der Waals surface area contributed by atoms with Crippen LogP contribution in [0.1, 0.15) is 64.7 Å². The molecule has 2 N–H and O–H groups in total. The highest BCUT2D eigenvalue weighted by atomic mass is 16.2. The SMILES string of the molecule is CC1CCC(N(C)C(=O)C2CCCC(CCN)C2)CC1. The van der Waals surface area contributed by atoms with E-state index in [0.29, 0.717) is 17.9 Å². The van der Waals surface area contributed by atoms with E-state index in [0.717, 1.165) is 31.7 Å². The number of nitrogens with zero attached hydrogens (tertiary/aromatic N) is 1. The highest BCUT2D eigenvalue weighted by Crippen LogP contribution is 2.33. The van der Waals surface area contributed by atoms with Crippen molar-refractivity contribution in [3.63, 3.8) is 0 Å². The van der Waals surface area contributed by atoms with Crippen molar-refractivity contribution in [1.29, 1.82) is 0 Å². The van der Waals surface area contributed by atoms with Gasteiger partial charge in [0.25, 0.3) is 0 Å². The van der Waals surface area contributed by atoms with Crippen LogP contribution >= 0.6 is 0 Å². The van der Waals surface area contributed by atoms with E-state index in [4.69, 9.17) is 5.73 Å². The Labute approximate surface area is 124 Å². The van der Waals surface area contributed by atoms with Crippen molar-refractivity contribution in [2.45, 2.75) is 70.8 Å². The average molecular weight is 280 g/mol. The second-order valence-corrected chi connectivity index (χ2v) is 7.17. The van der Waals surface area contributed by atoms with Crippen LogP contribution < -0.4 is 5.73 Å². The van der Waals surface area contributed by atoms with Crippen molar-refractivity contribution in [3.05, 3.63) is 0 Å². The first-order valence-electron chi connectivity index (χ1n) is 8.58. The van der Waals surface area contributed by atoms with E-state index in [9.17, 15) is 4.79 Å². The highest BCUT2D eigenvalue weighted by molar-refractivity contribution is 5.79. The zero-order valence-electron chi connectivity index (χ0n) is 13.3. The lowest BCUT2D eigenvalue weighted by atomic mass is 9.78. The van der Waals surface area contributed by atoms with Crippen LogP contribution in [0.25, 0.3) is 0 Å². The molecule has 0 aromatic carbocycles. The monoisotopic (exact) mass is 280 g/mol. The van der Waals surface area contributed by atoms with Gasteiger partial charge in [-0.25, -0.2) is 0 Å². The summed E-state index contributed by atoms with van der Waals surface area (Å²) in [6.45, 7) is 3.10. The number of hydrogen-bond donors (Lipinski definition) is 1. The fourth-order valence-corrected chi connectivity index (χ4v) is 4.11. The fraction of sp³-hybridized carbons (Fsp3) is 0.941. The molecule has 1 amide bonds. The number of rotatable bonds is 4. The summed E-state index contributed by atoms with van der Waals surface area (Å²) >= 11 is 0. The Bertz CT molecular complexity index is 304. The molecule has 0 radical (unpaired) electrons. The molecule has 116 valence electrons. The molecule has 2 rings (SSSR count). The molecule has 2 unspecified atom stereocenters. The Morgan fingerprint density at radius 2 is 1.85 bits per heavy atom. The van der Waals surface area contributed by atoms with Gasteiger partial charge in [-0.05, 0) is 63.3 Å². The Morgan fingerprint density at radius 1 is 1.15 bits per heavy atom. The minimum absolute atomic E-state index is 0.268. The molecule has 20 heavy (non-hydrogen) atoms. The lowest BCUT2D eigenvalue weighted by Crippen LogP contribution is -2.43. The second kappa shape index (κ2) is 7.44. The molecule has 0 saturated heterocycles. The van der Waals surface area contributed by atoms with Crippen molar-refractivity contribution >= 4 is 5.91 Å². The van der Waals surface area contributed by atoms with Crippen molar-refractivity contribution in [2.75, 3.05) is 13.6 Å². The quantitative estimate of drug-likeness (QED) is 0.859. The summed E-state index contributed by atoms with van der Waals surface area (Å²) in [6, 6.07) is 0.494. The third-order valence-corrected chi connectivity index (χ3v) is 5.59. The van der Waals surface area contributed by atoms with Crippen LogP contribution in [0.3, 0.4) is 0 Å². The summed E-state index contributed by atoms with van der Waals surface area (Å²) in [5.74, 6) is 2.21. The summed E-state index contributed by atoms with van der Waals surface area (Å²) in [7, 11) is 2.04. The zero-order valence-corrected chi connectivity index (χ0v) is 13.3. The average Bonchev–Trinajstić information content (AvgIpc) is 2.47. The predicted octanol–water partition coefficient (Wildman–Crippen LogP) is 3.18. The van der Waals surface area contributed by atoms with Gasteiger partial charge in [-0.1, -0.05) is 19.8 Å². The van der Waals surface area contributed by atoms with Gasteiger partial charge in [0, 0.05) is 19.0 Å². The molecule has 2 atom stereocenters. The minimum Gasteiger partial charge on any atom is -0.343 e. The van der Waals surface area contributed by atoms with Crippen LogP contribution in [0.4, 0.5) is 0 Å². The van der Waals surface area contributed by atoms with E-state index in [1.165, 1.54) is 38.5 Å². The molecule has 0 aromatic heterocycles. The largest absolute Gasteiger partial charge is 0.343 e. The van der Waals surface area contributed by atoms with Crippen LogP contribution in [0, 0.1) is 17.8 Å². The summed E-state index contributed by atoms with van der Waals surface area (Å²) in [6.07, 6.45) is 10.7. The van der Waals surface area contributed by atoms with Crippen molar-refractivity contribution in [1.82, 2.24) is 4.90 Å². The smallest absolute Gasteiger partial charge is 0.225 e. The maximum absolute atomic E-state index is 12.7. The van der Waals surface area contributed by atoms with Gasteiger partial charge in [0.2, 0.25) is 5.91 Å². The Morgan fingerprint density at radius 3 is 2.50 bits per heavy atom. The van der Waals surface area contributed by atoms with Crippen molar-refractivity contribution < 1.29 is 4.79 Å². The predicted molar refractivity (Wildman–Crippen MR) is 83.3 cm³/mol. The van der Waals surface area contributed by atoms with Gasteiger partial charge >= 0.3 is 0 Å². The lowest BCUT2D eigenvalue weighted by molar-refractivity contribution is -0.138. The molecular weight excluding hydrogens is 248 g/mol. The van der Waals surface area contributed by atoms with E-state index in [1.807, 2.05) is 7.05 Å². The number of hydrogen-bond acceptors (Lipinski definition) is 2. The van der Waals surface area contributed by atoms with Crippen LogP contribution in [0.5, 0.6) is 0 Å². The first kappa shape index (κ1) is 15.8. The molecule has 2 aliphatic rings. The zero-order chi connectivity index (χ0) is 14.5. The topological polar surface area (TPSA) is 46.3 Å². The molecule has 2 fully saturated rings. The summed E-state index contributed by atoms with van der Waals surface area (Å²) < 4.78 is 0. The van der Waals surface area contributed by atoms with Gasteiger partial charge in [0.1, 0.15) is 0 Å². The molecule has 2 aliphatic carbocycles. The van der Waals surface area contributed by atoms with Crippen molar-refractivity contribution in [2.24, 2.45) is 23.5 Å². The first-order chi connectivity index (χ1) is 9.61. The third kappa shape index (κ3) is 3.97. The molecule has 0 bridgehead atoms. The summed E-state index contributed by atoms with van der Waals surface area (Å²) in [5.41, 5.74) is 5.68. The molecule has 0 aromatic rings. The fourth-order valence-electron chi connectivity index (χ4n) is 4.11. The molecular formula is C17H32N2O. The van der Waals surface area contributed by atoms with E-state index in [-0.39, 0.29) is 5.92 Å². The van der Waals surface area contributed by atoms with Gasteiger partial charge in [-0.3, -0.25) is 4.79 Å². The molecule has 0 spiro atoms. The molecule has 0 aliphatic heterocycles. The molecule has 0 heterocycles. The van der Waals surface area contributed by atoms with E-state index >= 15 is 0 Å². The van der Waals surface area contributed by atoms with Gasteiger partial charge in [-0.15, -0.1) is 0 Å². The third-order valence-electron chi connectivity index (χ3n) is 5.59. The molecule has 3 heteroatoms. The maximum atomic E-state index is 12.7. The number of nitrogens with two attached hydrogens (primary N) is 1. The van der Waals surface area contributed by atoms with Gasteiger partial charge < -0.3 is 10.6 Å². The normalized spacial score (nSPS) is 34.8. The Balaban J connectivity index is 1.86.